The van der Waals surface area contributed by atoms with Crippen molar-refractivity contribution in [1.82, 2.24) is 0 Å². The van der Waals surface area contributed by atoms with Gasteiger partial charge in [0, 0.05) is 12.8 Å². The summed E-state index contributed by atoms with van der Waals surface area (Å²) in [5.41, 5.74) is 0. The number of esters is 1. The fraction of sp³-hybridized carbons (Fsp3) is 0.943. The van der Waals surface area contributed by atoms with Gasteiger partial charge in [0.1, 0.15) is 0 Å². The smallest absolute Gasteiger partial charge is 0.305 e. The van der Waals surface area contributed by atoms with E-state index >= 15 is 0 Å². The van der Waals surface area contributed by atoms with Crippen molar-refractivity contribution in [3.8, 4) is 0 Å². The van der Waals surface area contributed by atoms with Gasteiger partial charge in [0.15, 0.2) is 0 Å². The van der Waals surface area contributed by atoms with Gasteiger partial charge in [-0.3, -0.25) is 9.59 Å². The molecule has 0 aliphatic rings. The lowest BCUT2D eigenvalue weighted by Crippen LogP contribution is -2.05. The molecular formula is C35H68O4. The summed E-state index contributed by atoms with van der Waals surface area (Å²) < 4.78 is 5.41. The SMILES string of the molecule is CCCCCCCCCCCC(=O)OCCCCCCCCCCCCCCCCCCCCCCC(=O)O. The summed E-state index contributed by atoms with van der Waals surface area (Å²) in [4.78, 5) is 22.3. The normalized spacial score (nSPS) is 11.2. The van der Waals surface area contributed by atoms with Crippen LogP contribution in [-0.4, -0.2) is 23.7 Å². The zero-order chi connectivity index (χ0) is 28.5. The molecule has 0 fully saturated rings. The number of ether oxygens (including phenoxy) is 1. The van der Waals surface area contributed by atoms with Gasteiger partial charge in [0.2, 0.25) is 0 Å². The van der Waals surface area contributed by atoms with E-state index in [1.165, 1.54) is 161 Å². The molecule has 0 aromatic rings. The third kappa shape index (κ3) is 34.9. The number of rotatable bonds is 33. The number of hydrogen-bond donors (Lipinski definition) is 1. The molecule has 0 heterocycles. The summed E-state index contributed by atoms with van der Waals surface area (Å²) in [6, 6.07) is 0. The lowest BCUT2D eigenvalue weighted by molar-refractivity contribution is -0.144. The summed E-state index contributed by atoms with van der Waals surface area (Å²) in [7, 11) is 0. The van der Waals surface area contributed by atoms with E-state index < -0.39 is 5.97 Å². The van der Waals surface area contributed by atoms with E-state index in [-0.39, 0.29) is 5.97 Å². The van der Waals surface area contributed by atoms with E-state index in [2.05, 4.69) is 6.92 Å². The molecule has 0 aromatic carbocycles. The highest BCUT2D eigenvalue weighted by atomic mass is 16.5. The Morgan fingerprint density at radius 3 is 1.03 bits per heavy atom. The Morgan fingerprint density at radius 2 is 0.692 bits per heavy atom. The molecule has 232 valence electrons. The second-order valence-electron chi connectivity index (χ2n) is 12.0. The molecule has 0 aliphatic heterocycles. The van der Waals surface area contributed by atoms with Crippen LogP contribution in [0.25, 0.3) is 0 Å². The van der Waals surface area contributed by atoms with Crippen LogP contribution in [-0.2, 0) is 14.3 Å². The minimum Gasteiger partial charge on any atom is -0.481 e. The molecule has 0 aliphatic carbocycles. The summed E-state index contributed by atoms with van der Waals surface area (Å²) in [6.45, 7) is 2.88. The zero-order valence-electron chi connectivity index (χ0n) is 26.3. The fourth-order valence-corrected chi connectivity index (χ4v) is 5.40. The average Bonchev–Trinajstić information content (AvgIpc) is 2.92. The monoisotopic (exact) mass is 553 g/mol. The van der Waals surface area contributed by atoms with E-state index in [0.29, 0.717) is 19.4 Å². The van der Waals surface area contributed by atoms with Crippen LogP contribution in [0.2, 0.25) is 0 Å². The minimum absolute atomic E-state index is 0.0104. The van der Waals surface area contributed by atoms with E-state index in [4.69, 9.17) is 9.84 Å². The quantitative estimate of drug-likeness (QED) is 0.0649. The third-order valence-electron chi connectivity index (χ3n) is 8.03. The summed E-state index contributed by atoms with van der Waals surface area (Å²) in [6.07, 6.45) is 38.3. The first-order valence-electron chi connectivity index (χ1n) is 17.5. The lowest BCUT2D eigenvalue weighted by Gasteiger charge is -2.06. The first-order chi connectivity index (χ1) is 19.2. The predicted octanol–water partition coefficient (Wildman–Crippen LogP) is 11.7. The van der Waals surface area contributed by atoms with Gasteiger partial charge in [-0.05, 0) is 19.3 Å². The van der Waals surface area contributed by atoms with Crippen LogP contribution in [0.5, 0.6) is 0 Å². The van der Waals surface area contributed by atoms with Gasteiger partial charge in [-0.2, -0.15) is 0 Å². The second-order valence-corrected chi connectivity index (χ2v) is 12.0. The molecule has 4 heteroatoms. The van der Waals surface area contributed by atoms with Gasteiger partial charge >= 0.3 is 11.9 Å². The van der Waals surface area contributed by atoms with Gasteiger partial charge in [-0.1, -0.05) is 174 Å². The van der Waals surface area contributed by atoms with Crippen LogP contribution in [0.1, 0.15) is 206 Å². The van der Waals surface area contributed by atoms with Gasteiger partial charge < -0.3 is 9.84 Å². The van der Waals surface area contributed by atoms with Crippen molar-refractivity contribution < 1.29 is 19.4 Å². The molecule has 1 N–H and O–H groups in total. The summed E-state index contributed by atoms with van der Waals surface area (Å²) in [5.74, 6) is -0.649. The highest BCUT2D eigenvalue weighted by Crippen LogP contribution is 2.15. The van der Waals surface area contributed by atoms with Crippen molar-refractivity contribution in [2.45, 2.75) is 206 Å². The van der Waals surface area contributed by atoms with Crippen molar-refractivity contribution in [2.24, 2.45) is 0 Å². The zero-order valence-corrected chi connectivity index (χ0v) is 26.3. The van der Waals surface area contributed by atoms with Crippen LogP contribution < -0.4 is 0 Å². The maximum Gasteiger partial charge on any atom is 0.305 e. The van der Waals surface area contributed by atoms with Crippen LogP contribution in [0.15, 0.2) is 0 Å². The largest absolute Gasteiger partial charge is 0.481 e. The van der Waals surface area contributed by atoms with Crippen LogP contribution in [0, 0.1) is 0 Å². The molecule has 0 aromatic heterocycles. The second kappa shape index (κ2) is 33.1. The molecule has 39 heavy (non-hydrogen) atoms. The first-order valence-corrected chi connectivity index (χ1v) is 17.5. The molecule has 0 atom stereocenters. The maximum absolute atomic E-state index is 11.8. The van der Waals surface area contributed by atoms with Crippen molar-refractivity contribution in [3.05, 3.63) is 0 Å². The number of carboxylic acids is 1. The molecule has 0 unspecified atom stereocenters. The Morgan fingerprint density at radius 1 is 0.410 bits per heavy atom. The standard InChI is InChI=1S/C35H68O4/c1-2-3-4-5-6-19-23-26-29-32-35(38)39-33-30-27-24-21-18-16-14-12-10-8-7-9-11-13-15-17-20-22-25-28-31-34(36)37/h2-33H2,1H3,(H,36,37). The highest BCUT2D eigenvalue weighted by Gasteiger charge is 2.03. The molecule has 0 spiro atoms. The Balaban J connectivity index is 3.12. The Kier molecular flexibility index (Phi) is 32.2. The molecular weight excluding hydrogens is 484 g/mol. The molecule has 0 amide bonds. The number of unbranched alkanes of at least 4 members (excludes halogenated alkanes) is 27. The van der Waals surface area contributed by atoms with Gasteiger partial charge in [-0.25, -0.2) is 0 Å². The topological polar surface area (TPSA) is 63.6 Å². The van der Waals surface area contributed by atoms with Crippen molar-refractivity contribution >= 4 is 11.9 Å². The molecule has 4 nitrogen and oxygen atoms in total. The van der Waals surface area contributed by atoms with E-state index in [1.807, 2.05) is 0 Å². The number of aliphatic carboxylic acids is 1. The lowest BCUT2D eigenvalue weighted by atomic mass is 10.0. The Hall–Kier alpha value is -1.06. The van der Waals surface area contributed by atoms with Crippen LogP contribution >= 0.6 is 0 Å². The maximum atomic E-state index is 11.8. The first kappa shape index (κ1) is 37.9. The predicted molar refractivity (Wildman–Crippen MR) is 167 cm³/mol. The van der Waals surface area contributed by atoms with E-state index in [9.17, 15) is 9.59 Å². The molecule has 0 radical (unpaired) electrons. The van der Waals surface area contributed by atoms with Crippen molar-refractivity contribution in [1.29, 1.82) is 0 Å². The molecule has 0 saturated heterocycles. The van der Waals surface area contributed by atoms with Crippen molar-refractivity contribution in [2.75, 3.05) is 6.61 Å². The van der Waals surface area contributed by atoms with E-state index in [0.717, 1.165) is 25.7 Å². The highest BCUT2D eigenvalue weighted by molar-refractivity contribution is 5.69. The number of carbonyl (C=O) groups is 2. The fourth-order valence-electron chi connectivity index (χ4n) is 5.40. The molecule has 0 bridgehead atoms. The molecule has 0 rings (SSSR count). The number of carbonyl (C=O) groups excluding carboxylic acids is 1. The van der Waals surface area contributed by atoms with Crippen molar-refractivity contribution in [3.63, 3.8) is 0 Å². The summed E-state index contributed by atoms with van der Waals surface area (Å²) in [5, 5.41) is 8.62. The Labute approximate surface area is 243 Å². The average molecular weight is 553 g/mol. The van der Waals surface area contributed by atoms with Gasteiger partial charge in [0.05, 0.1) is 6.61 Å². The van der Waals surface area contributed by atoms with Gasteiger partial charge in [0.25, 0.3) is 0 Å². The minimum atomic E-state index is -0.659. The number of hydrogen-bond acceptors (Lipinski definition) is 3. The van der Waals surface area contributed by atoms with E-state index in [1.54, 1.807) is 0 Å². The third-order valence-corrected chi connectivity index (χ3v) is 8.03. The van der Waals surface area contributed by atoms with Crippen LogP contribution in [0.4, 0.5) is 0 Å². The molecule has 0 saturated carbocycles. The summed E-state index contributed by atoms with van der Waals surface area (Å²) >= 11 is 0. The Bertz CT molecular complexity index is 505. The van der Waals surface area contributed by atoms with Gasteiger partial charge in [-0.15, -0.1) is 0 Å². The number of carboxylic acid groups (broad SMARTS) is 1. The van der Waals surface area contributed by atoms with Crippen LogP contribution in [0.3, 0.4) is 0 Å².